The highest BCUT2D eigenvalue weighted by Gasteiger charge is 2.14. The van der Waals surface area contributed by atoms with Crippen LogP contribution in [0, 0.1) is 11.8 Å². The first-order chi connectivity index (χ1) is 11.8. The van der Waals surface area contributed by atoms with Gasteiger partial charge in [-0.05, 0) is 36.1 Å². The van der Waals surface area contributed by atoms with Crippen LogP contribution in [0.5, 0.6) is 0 Å². The average Bonchev–Trinajstić information content (AvgIpc) is 3.24. The predicted molar refractivity (Wildman–Crippen MR) is 96.1 cm³/mol. The van der Waals surface area contributed by atoms with E-state index in [1.165, 1.54) is 0 Å². The lowest BCUT2D eigenvalue weighted by Gasteiger charge is -2.01. The predicted octanol–water partition coefficient (Wildman–Crippen LogP) is 3.29. The van der Waals surface area contributed by atoms with Crippen LogP contribution < -0.4 is 5.32 Å². The molecule has 4 aromatic heterocycles. The van der Waals surface area contributed by atoms with Crippen LogP contribution in [0.3, 0.4) is 0 Å². The second kappa shape index (κ2) is 6.14. The molecule has 0 aliphatic heterocycles. The molecule has 24 heavy (non-hydrogen) atoms. The molecule has 4 rings (SSSR count). The van der Waals surface area contributed by atoms with Gasteiger partial charge in [-0.25, -0.2) is 9.97 Å². The number of rotatable bonds is 2. The van der Waals surface area contributed by atoms with Crippen LogP contribution in [0.4, 0.5) is 5.82 Å². The Morgan fingerprint density at radius 3 is 2.92 bits per heavy atom. The highest BCUT2D eigenvalue weighted by molar-refractivity contribution is 7.16. The maximum Gasteiger partial charge on any atom is 0.157 e. The largest absolute Gasteiger partial charge is 0.372 e. The molecule has 1 N–H and O–H groups in total. The van der Waals surface area contributed by atoms with Gasteiger partial charge in [-0.1, -0.05) is 6.07 Å². The van der Waals surface area contributed by atoms with E-state index >= 15 is 0 Å². The van der Waals surface area contributed by atoms with E-state index in [2.05, 4.69) is 32.1 Å². The zero-order valence-electron chi connectivity index (χ0n) is 12.9. The summed E-state index contributed by atoms with van der Waals surface area (Å²) < 4.78 is 1.99. The number of hydrogen-bond acceptors (Lipinski definition) is 5. The smallest absolute Gasteiger partial charge is 0.157 e. The van der Waals surface area contributed by atoms with E-state index in [1.54, 1.807) is 29.9 Å². The molecule has 0 aromatic carbocycles. The fraction of sp³-hybridized carbons (Fsp3) is 0.0556. The van der Waals surface area contributed by atoms with E-state index < -0.39 is 0 Å². The van der Waals surface area contributed by atoms with Crippen LogP contribution in [0.2, 0.25) is 0 Å². The van der Waals surface area contributed by atoms with Gasteiger partial charge in [0, 0.05) is 25.6 Å². The van der Waals surface area contributed by atoms with Crippen LogP contribution in [0.15, 0.2) is 55.1 Å². The molecule has 0 unspecified atom stereocenters. The van der Waals surface area contributed by atoms with Gasteiger partial charge in [-0.3, -0.25) is 9.38 Å². The summed E-state index contributed by atoms with van der Waals surface area (Å²) in [5.74, 6) is 7.18. The van der Waals surface area contributed by atoms with Gasteiger partial charge < -0.3 is 5.32 Å². The van der Waals surface area contributed by atoms with E-state index in [1.807, 2.05) is 48.0 Å². The van der Waals surface area contributed by atoms with Crippen LogP contribution >= 0.6 is 11.3 Å². The van der Waals surface area contributed by atoms with Gasteiger partial charge in [0.25, 0.3) is 0 Å². The Morgan fingerprint density at radius 1 is 1.12 bits per heavy atom. The Morgan fingerprint density at radius 2 is 2.08 bits per heavy atom. The lowest BCUT2D eigenvalue weighted by molar-refractivity contribution is 1.12. The Labute approximate surface area is 143 Å². The van der Waals surface area contributed by atoms with Crippen molar-refractivity contribution in [2.24, 2.45) is 0 Å². The third kappa shape index (κ3) is 2.62. The molecule has 5 nitrogen and oxygen atoms in total. The Balaban J connectivity index is 1.72. The molecule has 0 amide bonds. The molecule has 116 valence electrons. The zero-order chi connectivity index (χ0) is 16.4. The summed E-state index contributed by atoms with van der Waals surface area (Å²) >= 11 is 1.61. The quantitative estimate of drug-likeness (QED) is 0.573. The summed E-state index contributed by atoms with van der Waals surface area (Å²) in [7, 11) is 1.89. The minimum Gasteiger partial charge on any atom is -0.372 e. The first-order valence-corrected chi connectivity index (χ1v) is 8.20. The molecule has 0 atom stereocenters. The van der Waals surface area contributed by atoms with E-state index in [-0.39, 0.29) is 0 Å². The second-order valence-corrected chi connectivity index (χ2v) is 6.08. The lowest BCUT2D eigenvalue weighted by atomic mass is 10.3. The van der Waals surface area contributed by atoms with Gasteiger partial charge in [0.1, 0.15) is 17.2 Å². The summed E-state index contributed by atoms with van der Waals surface area (Å²) in [6.45, 7) is 0. The summed E-state index contributed by atoms with van der Waals surface area (Å²) in [4.78, 5) is 15.1. The van der Waals surface area contributed by atoms with Gasteiger partial charge in [0.05, 0.1) is 16.0 Å². The molecule has 0 bridgehead atoms. The number of thiophene rings is 1. The first kappa shape index (κ1) is 14.4. The normalized spacial score (nSPS) is 10.4. The molecule has 6 heteroatoms. The minimum absolute atomic E-state index is 0.766. The van der Waals surface area contributed by atoms with Crippen molar-refractivity contribution in [1.29, 1.82) is 0 Å². The molecule has 0 aliphatic rings. The van der Waals surface area contributed by atoms with Crippen molar-refractivity contribution < 1.29 is 0 Å². The number of nitrogens with one attached hydrogen (secondary N) is 1. The van der Waals surface area contributed by atoms with Crippen molar-refractivity contribution in [3.8, 4) is 22.4 Å². The number of fused-ring (bicyclic) bond motifs is 1. The minimum atomic E-state index is 0.766. The number of anilines is 1. The fourth-order valence-electron chi connectivity index (χ4n) is 2.41. The van der Waals surface area contributed by atoms with Crippen molar-refractivity contribution in [2.45, 2.75) is 0 Å². The number of aromatic nitrogens is 4. The number of nitrogens with zero attached hydrogens (tertiary/aromatic N) is 4. The third-order valence-electron chi connectivity index (χ3n) is 3.49. The van der Waals surface area contributed by atoms with Crippen molar-refractivity contribution in [3.63, 3.8) is 0 Å². The highest BCUT2D eigenvalue weighted by Crippen LogP contribution is 2.33. The number of imidazole rings is 1. The summed E-state index contributed by atoms with van der Waals surface area (Å²) in [6, 6.07) is 9.77. The van der Waals surface area contributed by atoms with Crippen molar-refractivity contribution in [1.82, 2.24) is 19.4 Å². The van der Waals surface area contributed by atoms with Gasteiger partial charge in [-0.2, -0.15) is 0 Å². The summed E-state index contributed by atoms with van der Waals surface area (Å²) in [6.07, 6.45) is 7.14. The second-order valence-electron chi connectivity index (χ2n) is 4.99. The SMILES string of the molecule is CNc1c(-c2ccc(C#Cc3ccccn3)s2)nc2cnccn12. The molecule has 4 aromatic rings. The molecule has 0 aliphatic carbocycles. The Bertz CT molecular complexity index is 1050. The molecule has 0 saturated carbocycles. The maximum absolute atomic E-state index is 4.67. The third-order valence-corrected chi connectivity index (χ3v) is 4.49. The Hall–Kier alpha value is -3.17. The standard InChI is InChI=1S/C18H13N5S/c1-19-18-17(22-16-12-20-10-11-23(16)18)15-8-7-14(24-15)6-5-13-4-2-3-9-21-13/h2-4,7-12,19H,1H3. The molecule has 0 spiro atoms. The van der Waals surface area contributed by atoms with Gasteiger partial charge in [-0.15, -0.1) is 11.3 Å². The molecule has 0 fully saturated rings. The monoisotopic (exact) mass is 331 g/mol. The van der Waals surface area contributed by atoms with Crippen LogP contribution in [-0.4, -0.2) is 26.4 Å². The van der Waals surface area contributed by atoms with Gasteiger partial charge in [0.2, 0.25) is 0 Å². The number of hydrogen-bond donors (Lipinski definition) is 1. The van der Waals surface area contributed by atoms with Crippen LogP contribution in [-0.2, 0) is 0 Å². The van der Waals surface area contributed by atoms with Crippen molar-refractivity contribution >= 4 is 22.8 Å². The fourth-order valence-corrected chi connectivity index (χ4v) is 3.26. The zero-order valence-corrected chi connectivity index (χ0v) is 13.7. The maximum atomic E-state index is 4.67. The van der Waals surface area contributed by atoms with Crippen molar-refractivity contribution in [3.05, 3.63) is 65.7 Å². The molecule has 0 saturated heterocycles. The van der Waals surface area contributed by atoms with E-state index in [0.29, 0.717) is 0 Å². The molecular weight excluding hydrogens is 318 g/mol. The molecule has 0 radical (unpaired) electrons. The van der Waals surface area contributed by atoms with Crippen LogP contribution in [0.25, 0.3) is 16.2 Å². The first-order valence-electron chi connectivity index (χ1n) is 7.38. The van der Waals surface area contributed by atoms with E-state index in [0.717, 1.165) is 32.6 Å². The summed E-state index contributed by atoms with van der Waals surface area (Å²) in [5, 5.41) is 3.22. The van der Waals surface area contributed by atoms with Crippen LogP contribution in [0.1, 0.15) is 10.6 Å². The average molecular weight is 331 g/mol. The topological polar surface area (TPSA) is 55.1 Å². The van der Waals surface area contributed by atoms with Crippen molar-refractivity contribution in [2.75, 3.05) is 12.4 Å². The number of pyridine rings is 1. The molecule has 4 heterocycles. The Kier molecular flexibility index (Phi) is 3.69. The highest BCUT2D eigenvalue weighted by atomic mass is 32.1. The molecular formula is C18H13N5S. The lowest BCUT2D eigenvalue weighted by Crippen LogP contribution is -1.95. The van der Waals surface area contributed by atoms with Gasteiger partial charge in [0.15, 0.2) is 5.65 Å². The van der Waals surface area contributed by atoms with E-state index in [9.17, 15) is 0 Å². The summed E-state index contributed by atoms with van der Waals surface area (Å²) in [5.41, 5.74) is 2.48. The van der Waals surface area contributed by atoms with E-state index in [4.69, 9.17) is 0 Å². The van der Waals surface area contributed by atoms with Gasteiger partial charge >= 0.3 is 0 Å².